The van der Waals surface area contributed by atoms with Crippen LogP contribution in [0.3, 0.4) is 0 Å². The number of hydrogen-bond acceptors (Lipinski definition) is 5. The predicted octanol–water partition coefficient (Wildman–Crippen LogP) is 1.22. The van der Waals surface area contributed by atoms with E-state index in [1.54, 1.807) is 0 Å². The number of aromatic nitrogens is 2. The highest BCUT2D eigenvalue weighted by Gasteiger charge is 2.07. The van der Waals surface area contributed by atoms with Gasteiger partial charge in [-0.25, -0.2) is 13.7 Å². The summed E-state index contributed by atoms with van der Waals surface area (Å²) in [5, 5.41) is 8.11. The van der Waals surface area contributed by atoms with Gasteiger partial charge in [-0.05, 0) is 12.1 Å². The molecular weight excluding hydrogens is 283 g/mol. The number of halogens is 1. The molecule has 3 N–H and O–H groups in total. The molecule has 0 aliphatic heterocycles. The van der Waals surface area contributed by atoms with Gasteiger partial charge in [-0.15, -0.1) is 0 Å². The smallest absolute Gasteiger partial charge is 0.233 e. The van der Waals surface area contributed by atoms with E-state index in [0.29, 0.717) is 17.3 Å². The molecule has 0 saturated heterocycles. The Kier molecular flexibility index (Phi) is 4.59. The number of ether oxygens (including phenoxy) is 1. The van der Waals surface area contributed by atoms with Crippen molar-refractivity contribution in [1.82, 2.24) is 9.97 Å². The van der Waals surface area contributed by atoms with Crippen LogP contribution in [-0.4, -0.2) is 21.3 Å². The predicted molar refractivity (Wildman–Crippen MR) is 72.9 cm³/mol. The van der Waals surface area contributed by atoms with E-state index in [-0.39, 0.29) is 11.4 Å². The first-order valence-electron chi connectivity index (χ1n) is 5.64. The average molecular weight is 296 g/mol. The van der Waals surface area contributed by atoms with E-state index < -0.39 is 16.8 Å². The van der Waals surface area contributed by atoms with Crippen molar-refractivity contribution >= 4 is 16.8 Å². The van der Waals surface area contributed by atoms with Gasteiger partial charge < -0.3 is 10.1 Å². The lowest BCUT2D eigenvalue weighted by Crippen LogP contribution is -2.07. The van der Waals surface area contributed by atoms with Gasteiger partial charge in [0.2, 0.25) is 5.88 Å². The second kappa shape index (κ2) is 6.40. The molecule has 0 amide bonds. The van der Waals surface area contributed by atoms with Crippen molar-refractivity contribution < 1.29 is 13.3 Å². The van der Waals surface area contributed by atoms with Crippen molar-refractivity contribution in [3.63, 3.8) is 0 Å². The van der Waals surface area contributed by atoms with Crippen molar-refractivity contribution in [3.05, 3.63) is 42.0 Å². The molecule has 2 aromatic rings. The highest BCUT2D eigenvalue weighted by molar-refractivity contribution is 7.82. The van der Waals surface area contributed by atoms with E-state index in [2.05, 4.69) is 15.3 Å². The first kappa shape index (κ1) is 14.4. The number of methoxy groups -OCH3 is 1. The lowest BCUT2D eigenvalue weighted by atomic mass is 10.2. The molecule has 0 aliphatic rings. The van der Waals surface area contributed by atoms with Gasteiger partial charge >= 0.3 is 0 Å². The van der Waals surface area contributed by atoms with E-state index in [1.807, 2.05) is 0 Å². The number of nitrogens with one attached hydrogen (secondary N) is 1. The van der Waals surface area contributed by atoms with Crippen LogP contribution in [0.5, 0.6) is 5.88 Å². The largest absolute Gasteiger partial charge is 0.480 e. The Labute approximate surface area is 117 Å². The van der Waals surface area contributed by atoms with E-state index in [0.717, 1.165) is 6.07 Å². The van der Waals surface area contributed by atoms with Crippen molar-refractivity contribution in [2.45, 2.75) is 11.4 Å². The SMILES string of the molecule is COc1cncc(NCc2ccc(S(N)=O)cc2F)n1. The van der Waals surface area contributed by atoms with Crippen LogP contribution in [0.25, 0.3) is 0 Å². The second-order valence-corrected chi connectivity index (χ2v) is 4.92. The lowest BCUT2D eigenvalue weighted by Gasteiger charge is -2.08. The van der Waals surface area contributed by atoms with Crippen molar-refractivity contribution in [3.8, 4) is 5.88 Å². The fourth-order valence-corrected chi connectivity index (χ4v) is 1.94. The van der Waals surface area contributed by atoms with Gasteiger partial charge in [-0.1, -0.05) is 6.07 Å². The van der Waals surface area contributed by atoms with Gasteiger partial charge in [0.15, 0.2) is 0 Å². The minimum Gasteiger partial charge on any atom is -0.480 e. The van der Waals surface area contributed by atoms with Gasteiger partial charge in [0, 0.05) is 12.1 Å². The lowest BCUT2D eigenvalue weighted by molar-refractivity contribution is 0.396. The molecule has 20 heavy (non-hydrogen) atoms. The minimum atomic E-state index is -1.69. The van der Waals surface area contributed by atoms with Gasteiger partial charge in [-0.3, -0.25) is 4.98 Å². The summed E-state index contributed by atoms with van der Waals surface area (Å²) >= 11 is 0. The molecule has 0 radical (unpaired) electrons. The first-order valence-corrected chi connectivity index (χ1v) is 6.86. The van der Waals surface area contributed by atoms with E-state index in [4.69, 9.17) is 9.88 Å². The maximum Gasteiger partial charge on any atom is 0.233 e. The second-order valence-electron chi connectivity index (χ2n) is 3.85. The molecule has 0 saturated carbocycles. The van der Waals surface area contributed by atoms with E-state index in [1.165, 1.54) is 31.6 Å². The molecule has 1 aromatic heterocycles. The van der Waals surface area contributed by atoms with Crippen LogP contribution in [0.1, 0.15) is 5.56 Å². The molecule has 1 atom stereocenters. The minimum absolute atomic E-state index is 0.213. The van der Waals surface area contributed by atoms with E-state index in [9.17, 15) is 8.60 Å². The maximum atomic E-state index is 13.8. The summed E-state index contributed by atoms with van der Waals surface area (Å²) in [5.41, 5.74) is 0.406. The van der Waals surface area contributed by atoms with Crippen LogP contribution in [0.2, 0.25) is 0 Å². The normalized spacial score (nSPS) is 11.9. The molecule has 106 valence electrons. The summed E-state index contributed by atoms with van der Waals surface area (Å²) in [7, 11) is -0.206. The summed E-state index contributed by atoms with van der Waals surface area (Å²) in [6.45, 7) is 0.213. The number of rotatable bonds is 5. The number of hydrogen-bond donors (Lipinski definition) is 2. The number of anilines is 1. The molecule has 1 unspecified atom stereocenters. The van der Waals surface area contributed by atoms with Crippen LogP contribution < -0.4 is 15.2 Å². The third-order valence-corrected chi connectivity index (χ3v) is 3.26. The Bertz CT molecular complexity index is 639. The molecule has 2 rings (SSSR count). The van der Waals surface area contributed by atoms with Crippen LogP contribution in [0.15, 0.2) is 35.5 Å². The summed E-state index contributed by atoms with van der Waals surface area (Å²) in [6.07, 6.45) is 2.97. The van der Waals surface area contributed by atoms with Gasteiger partial charge in [0.05, 0.1) is 24.4 Å². The molecular formula is C12H13FN4O2S. The number of nitrogens with zero attached hydrogens (tertiary/aromatic N) is 2. The quantitative estimate of drug-likeness (QED) is 0.865. The molecule has 0 fully saturated rings. The molecule has 1 heterocycles. The number of benzene rings is 1. The fourth-order valence-electron chi connectivity index (χ4n) is 1.51. The molecule has 8 heteroatoms. The third kappa shape index (κ3) is 3.49. The Morgan fingerprint density at radius 3 is 2.90 bits per heavy atom. The molecule has 0 aliphatic carbocycles. The average Bonchev–Trinajstić information content (AvgIpc) is 2.46. The molecule has 6 nitrogen and oxygen atoms in total. The fraction of sp³-hybridized carbons (Fsp3) is 0.167. The van der Waals surface area contributed by atoms with Gasteiger partial charge in [-0.2, -0.15) is 4.98 Å². The number of nitrogens with two attached hydrogens (primary N) is 1. The summed E-state index contributed by atoms with van der Waals surface area (Å²) in [5.74, 6) is 0.351. The topological polar surface area (TPSA) is 90.1 Å². The van der Waals surface area contributed by atoms with Crippen molar-refractivity contribution in [1.29, 1.82) is 0 Å². The van der Waals surface area contributed by atoms with Crippen LogP contribution in [0, 0.1) is 5.82 Å². The third-order valence-electron chi connectivity index (χ3n) is 2.54. The Morgan fingerprint density at radius 2 is 2.25 bits per heavy atom. The summed E-state index contributed by atoms with van der Waals surface area (Å²) in [4.78, 5) is 8.26. The molecule has 1 aromatic carbocycles. The summed E-state index contributed by atoms with van der Waals surface area (Å²) in [6, 6.07) is 4.20. The van der Waals surface area contributed by atoms with E-state index >= 15 is 0 Å². The van der Waals surface area contributed by atoms with Gasteiger partial charge in [0.1, 0.15) is 22.6 Å². The molecule has 0 spiro atoms. The van der Waals surface area contributed by atoms with Crippen LogP contribution in [-0.2, 0) is 17.5 Å². The highest BCUT2D eigenvalue weighted by atomic mass is 32.2. The van der Waals surface area contributed by atoms with Crippen molar-refractivity contribution in [2.75, 3.05) is 12.4 Å². The van der Waals surface area contributed by atoms with Crippen molar-refractivity contribution in [2.24, 2.45) is 5.14 Å². The Hall–Kier alpha value is -2.06. The zero-order chi connectivity index (χ0) is 14.5. The standard InChI is InChI=1S/C12H13FN4O2S/c1-19-12-7-15-6-11(17-12)16-5-8-2-3-9(20(14)18)4-10(8)13/h2-4,6-7H,5,14H2,1H3,(H,16,17). The summed E-state index contributed by atoms with van der Waals surface area (Å²) < 4.78 is 29.7. The first-order chi connectivity index (χ1) is 9.60. The zero-order valence-electron chi connectivity index (χ0n) is 10.7. The van der Waals surface area contributed by atoms with Crippen LogP contribution in [0.4, 0.5) is 10.2 Å². The monoisotopic (exact) mass is 296 g/mol. The maximum absolute atomic E-state index is 13.8. The van der Waals surface area contributed by atoms with Gasteiger partial charge in [0.25, 0.3) is 0 Å². The zero-order valence-corrected chi connectivity index (χ0v) is 11.5. The Balaban J connectivity index is 2.08. The van der Waals surface area contributed by atoms with Crippen LogP contribution >= 0.6 is 0 Å². The highest BCUT2D eigenvalue weighted by Crippen LogP contribution is 2.14. The molecule has 0 bridgehead atoms. The Morgan fingerprint density at radius 1 is 1.45 bits per heavy atom.